The number of ether oxygens (including phenoxy) is 1. The number of hydrogen-bond acceptors (Lipinski definition) is 4. The summed E-state index contributed by atoms with van der Waals surface area (Å²) < 4.78 is 6.60. The van der Waals surface area contributed by atoms with Gasteiger partial charge in [-0.25, -0.2) is 0 Å². The van der Waals surface area contributed by atoms with Crippen LogP contribution in [-0.4, -0.2) is 20.6 Å². The quantitative estimate of drug-likeness (QED) is 0.762. The average molecular weight is 366 g/mol. The Morgan fingerprint density at radius 3 is 2.76 bits per heavy atom. The van der Waals surface area contributed by atoms with Gasteiger partial charge in [-0.05, 0) is 45.4 Å². The Morgan fingerprint density at radius 1 is 1.19 bits per heavy atom. The van der Waals surface area contributed by atoms with Crippen molar-refractivity contribution >= 4 is 27.5 Å². The molecule has 7 heteroatoms. The third-order valence-electron chi connectivity index (χ3n) is 2.88. The van der Waals surface area contributed by atoms with Crippen LogP contribution in [0.3, 0.4) is 0 Å². The van der Waals surface area contributed by atoms with Crippen molar-refractivity contribution in [1.29, 1.82) is 0 Å². The van der Waals surface area contributed by atoms with Gasteiger partial charge in [0.25, 0.3) is 0 Å². The first-order valence-electron chi connectivity index (χ1n) is 6.13. The van der Waals surface area contributed by atoms with E-state index in [0.717, 1.165) is 21.3 Å². The summed E-state index contributed by atoms with van der Waals surface area (Å²) in [7, 11) is 0. The Kier molecular flexibility index (Phi) is 4.17. The monoisotopic (exact) mass is 364 g/mol. The standard InChI is InChI=1S/C14H10BrClN4O/c15-11-7-9(14-17-19-20-18-14)5-6-13(11)21-8-10-3-1-2-4-12(10)16/h1-7H,8H2,(H,17,18,19,20). The van der Waals surface area contributed by atoms with Gasteiger partial charge in [-0.2, -0.15) is 5.21 Å². The second kappa shape index (κ2) is 6.24. The van der Waals surface area contributed by atoms with Crippen LogP contribution in [0.5, 0.6) is 5.75 Å². The number of aromatic nitrogens is 4. The molecule has 0 aliphatic heterocycles. The van der Waals surface area contributed by atoms with Crippen LogP contribution in [0.1, 0.15) is 5.56 Å². The molecule has 2 aromatic carbocycles. The van der Waals surface area contributed by atoms with E-state index in [1.54, 1.807) is 0 Å². The van der Waals surface area contributed by atoms with Crippen molar-refractivity contribution in [3.05, 3.63) is 57.5 Å². The second-order valence-corrected chi connectivity index (χ2v) is 5.52. The summed E-state index contributed by atoms with van der Waals surface area (Å²) in [5, 5.41) is 14.5. The summed E-state index contributed by atoms with van der Waals surface area (Å²) in [4.78, 5) is 0. The molecule has 1 aromatic heterocycles. The third-order valence-corrected chi connectivity index (χ3v) is 3.86. The molecular weight excluding hydrogens is 356 g/mol. The molecule has 0 fully saturated rings. The molecule has 3 rings (SSSR count). The lowest BCUT2D eigenvalue weighted by molar-refractivity contribution is 0.304. The highest BCUT2D eigenvalue weighted by molar-refractivity contribution is 9.10. The zero-order valence-corrected chi connectivity index (χ0v) is 13.1. The van der Waals surface area contributed by atoms with E-state index in [4.69, 9.17) is 16.3 Å². The van der Waals surface area contributed by atoms with Gasteiger partial charge < -0.3 is 4.74 Å². The topological polar surface area (TPSA) is 63.7 Å². The van der Waals surface area contributed by atoms with Gasteiger partial charge in [0.05, 0.1) is 4.47 Å². The number of halogens is 2. The highest BCUT2D eigenvalue weighted by atomic mass is 79.9. The molecule has 21 heavy (non-hydrogen) atoms. The molecular formula is C14H10BrClN4O. The number of nitrogens with one attached hydrogen (secondary N) is 1. The van der Waals surface area contributed by atoms with Crippen molar-refractivity contribution < 1.29 is 4.74 Å². The first kappa shape index (κ1) is 14.0. The van der Waals surface area contributed by atoms with Gasteiger partial charge in [-0.3, -0.25) is 0 Å². The average Bonchev–Trinajstić information content (AvgIpc) is 3.02. The van der Waals surface area contributed by atoms with Crippen molar-refractivity contribution in [2.24, 2.45) is 0 Å². The van der Waals surface area contributed by atoms with Crippen LogP contribution in [0.25, 0.3) is 11.4 Å². The summed E-state index contributed by atoms with van der Waals surface area (Å²) in [6, 6.07) is 13.2. The molecule has 3 aromatic rings. The smallest absolute Gasteiger partial charge is 0.204 e. The molecule has 5 nitrogen and oxygen atoms in total. The number of nitrogens with zero attached hydrogens (tertiary/aromatic N) is 3. The van der Waals surface area contributed by atoms with Crippen LogP contribution < -0.4 is 4.74 Å². The molecule has 0 aliphatic carbocycles. The molecule has 0 radical (unpaired) electrons. The fourth-order valence-electron chi connectivity index (χ4n) is 1.81. The van der Waals surface area contributed by atoms with E-state index >= 15 is 0 Å². The third kappa shape index (κ3) is 3.22. The van der Waals surface area contributed by atoms with Crippen LogP contribution in [-0.2, 0) is 6.61 Å². The van der Waals surface area contributed by atoms with Crippen LogP contribution in [0.2, 0.25) is 5.02 Å². The van der Waals surface area contributed by atoms with Gasteiger partial charge in [-0.1, -0.05) is 29.8 Å². The van der Waals surface area contributed by atoms with E-state index in [9.17, 15) is 0 Å². The molecule has 1 N–H and O–H groups in total. The number of tetrazole rings is 1. The number of rotatable bonds is 4. The van der Waals surface area contributed by atoms with Gasteiger partial charge in [0.15, 0.2) is 0 Å². The number of aromatic amines is 1. The van der Waals surface area contributed by atoms with Crippen LogP contribution in [0.4, 0.5) is 0 Å². The first-order valence-corrected chi connectivity index (χ1v) is 7.31. The number of hydrogen-bond donors (Lipinski definition) is 1. The second-order valence-electron chi connectivity index (χ2n) is 4.26. The maximum Gasteiger partial charge on any atom is 0.204 e. The van der Waals surface area contributed by atoms with Crippen LogP contribution in [0, 0.1) is 0 Å². The summed E-state index contributed by atoms with van der Waals surface area (Å²) in [5.41, 5.74) is 1.79. The Bertz CT molecular complexity index is 748. The fraction of sp³-hybridized carbons (Fsp3) is 0.0714. The predicted molar refractivity (Wildman–Crippen MR) is 83.1 cm³/mol. The molecule has 0 atom stereocenters. The van der Waals surface area contributed by atoms with Crippen molar-refractivity contribution in [3.8, 4) is 17.1 Å². The molecule has 106 valence electrons. The minimum Gasteiger partial charge on any atom is -0.488 e. The highest BCUT2D eigenvalue weighted by Crippen LogP contribution is 2.30. The highest BCUT2D eigenvalue weighted by Gasteiger charge is 2.08. The Labute approximate surface area is 134 Å². The Balaban J connectivity index is 1.76. The van der Waals surface area contributed by atoms with E-state index in [2.05, 4.69) is 36.6 Å². The summed E-state index contributed by atoms with van der Waals surface area (Å²) in [6.07, 6.45) is 0. The molecule has 0 spiro atoms. The van der Waals surface area contributed by atoms with Gasteiger partial charge in [0.1, 0.15) is 12.4 Å². The lowest BCUT2D eigenvalue weighted by Gasteiger charge is -2.10. The molecule has 0 bridgehead atoms. The van der Waals surface area contributed by atoms with Crippen molar-refractivity contribution in [2.75, 3.05) is 0 Å². The summed E-state index contributed by atoms with van der Waals surface area (Å²) >= 11 is 9.58. The zero-order chi connectivity index (χ0) is 14.7. The minimum atomic E-state index is 0.403. The Hall–Kier alpha value is -1.92. The number of benzene rings is 2. The predicted octanol–water partition coefficient (Wildman–Crippen LogP) is 3.86. The van der Waals surface area contributed by atoms with Crippen molar-refractivity contribution in [1.82, 2.24) is 20.6 Å². The minimum absolute atomic E-state index is 0.403. The van der Waals surface area contributed by atoms with Gasteiger partial charge in [0, 0.05) is 16.1 Å². The fourth-order valence-corrected chi connectivity index (χ4v) is 2.50. The van der Waals surface area contributed by atoms with E-state index < -0.39 is 0 Å². The lowest BCUT2D eigenvalue weighted by atomic mass is 10.2. The van der Waals surface area contributed by atoms with Gasteiger partial charge in [-0.15, -0.1) is 10.2 Å². The summed E-state index contributed by atoms with van der Waals surface area (Å²) in [6.45, 7) is 0.403. The lowest BCUT2D eigenvalue weighted by Crippen LogP contribution is -1.97. The molecule has 0 saturated heterocycles. The Morgan fingerprint density at radius 2 is 2.05 bits per heavy atom. The summed E-state index contributed by atoms with van der Waals surface area (Å²) in [5.74, 6) is 1.26. The maximum absolute atomic E-state index is 6.10. The van der Waals surface area contributed by atoms with Crippen molar-refractivity contribution in [2.45, 2.75) is 6.61 Å². The molecule has 0 saturated carbocycles. The van der Waals surface area contributed by atoms with E-state index in [1.807, 2.05) is 42.5 Å². The van der Waals surface area contributed by atoms with Crippen LogP contribution >= 0.6 is 27.5 Å². The van der Waals surface area contributed by atoms with E-state index in [-0.39, 0.29) is 0 Å². The normalized spacial score (nSPS) is 10.6. The SMILES string of the molecule is Clc1ccccc1COc1ccc(-c2nn[nH]n2)cc1Br. The molecule has 0 aliphatic rings. The van der Waals surface area contributed by atoms with Crippen LogP contribution in [0.15, 0.2) is 46.9 Å². The number of H-pyrrole nitrogens is 1. The van der Waals surface area contributed by atoms with Gasteiger partial charge >= 0.3 is 0 Å². The first-order chi connectivity index (χ1) is 10.2. The van der Waals surface area contributed by atoms with E-state index in [1.165, 1.54) is 0 Å². The van der Waals surface area contributed by atoms with Gasteiger partial charge in [0.2, 0.25) is 5.82 Å². The molecule has 0 unspecified atom stereocenters. The maximum atomic E-state index is 6.10. The van der Waals surface area contributed by atoms with Crippen molar-refractivity contribution in [3.63, 3.8) is 0 Å². The molecule has 0 amide bonds. The largest absolute Gasteiger partial charge is 0.488 e. The molecule has 1 heterocycles. The zero-order valence-electron chi connectivity index (χ0n) is 10.8. The van der Waals surface area contributed by atoms with E-state index in [0.29, 0.717) is 17.5 Å².